The Morgan fingerprint density at radius 2 is 1.29 bits per heavy atom. The van der Waals surface area contributed by atoms with Gasteiger partial charge in [-0.3, -0.25) is 9.36 Å². The Bertz CT molecular complexity index is 1300. The predicted molar refractivity (Wildman–Crippen MR) is 242 cm³/mol. The van der Waals surface area contributed by atoms with Gasteiger partial charge in [0, 0.05) is 6.42 Å². The van der Waals surface area contributed by atoms with E-state index in [4.69, 9.17) is 18.5 Å². The minimum atomic E-state index is -4.57. The zero-order valence-corrected chi connectivity index (χ0v) is 38.3. The van der Waals surface area contributed by atoms with Crippen molar-refractivity contribution >= 4 is 13.8 Å². The van der Waals surface area contributed by atoms with Crippen molar-refractivity contribution in [3.63, 3.8) is 0 Å². The smallest absolute Gasteiger partial charge is 0.305 e. The number of aliphatic hydroxyl groups is 2. The minimum absolute atomic E-state index is 0.0125. The molecule has 59 heavy (non-hydrogen) atoms. The minimum Gasteiger partial charge on any atom is -0.756 e. The summed E-state index contributed by atoms with van der Waals surface area (Å²) in [5.41, 5.74) is 0. The zero-order chi connectivity index (χ0) is 43.7. The van der Waals surface area contributed by atoms with Crippen molar-refractivity contribution in [1.82, 2.24) is 0 Å². The predicted octanol–water partition coefficient (Wildman–Crippen LogP) is 10.7. The maximum Gasteiger partial charge on any atom is 0.305 e. The molecule has 0 radical (unpaired) electrons. The van der Waals surface area contributed by atoms with Crippen LogP contribution in [0.4, 0.5) is 0 Å². The van der Waals surface area contributed by atoms with E-state index in [9.17, 15) is 24.5 Å². The number of carbonyl (C=O) groups is 1. The third-order valence-electron chi connectivity index (χ3n) is 8.88. The summed E-state index contributed by atoms with van der Waals surface area (Å²) < 4.78 is 34.2. The fraction of sp³-hybridized carbons (Fsp3) is 0.646. The van der Waals surface area contributed by atoms with Gasteiger partial charge in [0.2, 0.25) is 0 Å². The fourth-order valence-electron chi connectivity index (χ4n) is 5.32. The second-order valence-corrected chi connectivity index (χ2v) is 17.2. The topological polar surface area (TPSA) is 135 Å². The van der Waals surface area contributed by atoms with Gasteiger partial charge >= 0.3 is 5.97 Å². The molecule has 0 aliphatic heterocycles. The van der Waals surface area contributed by atoms with Crippen LogP contribution in [0.3, 0.4) is 0 Å². The van der Waals surface area contributed by atoms with Crippen molar-refractivity contribution < 1.29 is 47.5 Å². The van der Waals surface area contributed by atoms with Crippen molar-refractivity contribution in [2.24, 2.45) is 0 Å². The summed E-state index contributed by atoms with van der Waals surface area (Å²) in [6.45, 7) is 4.25. The Balaban J connectivity index is 4.56. The Kier molecular flexibility index (Phi) is 37.4. The van der Waals surface area contributed by atoms with Crippen LogP contribution < -0.4 is 4.89 Å². The van der Waals surface area contributed by atoms with E-state index >= 15 is 0 Å². The lowest BCUT2D eigenvalue weighted by atomic mass is 10.1. The molecular formula is C48H82NO9P. The Morgan fingerprint density at radius 1 is 0.678 bits per heavy atom. The van der Waals surface area contributed by atoms with Crippen LogP contribution in [0.1, 0.15) is 136 Å². The summed E-state index contributed by atoms with van der Waals surface area (Å²) in [5, 5.41) is 20.0. The van der Waals surface area contributed by atoms with E-state index in [0.29, 0.717) is 30.3 Å². The number of esters is 1. The molecule has 0 saturated carbocycles. The molecule has 0 aliphatic rings. The highest BCUT2D eigenvalue weighted by Crippen LogP contribution is 2.38. The van der Waals surface area contributed by atoms with Crippen LogP contribution in [0, 0.1) is 0 Å². The van der Waals surface area contributed by atoms with Gasteiger partial charge < -0.3 is 38.1 Å². The Morgan fingerprint density at radius 3 is 1.93 bits per heavy atom. The van der Waals surface area contributed by atoms with Crippen LogP contribution in [0.15, 0.2) is 97.4 Å². The van der Waals surface area contributed by atoms with E-state index < -0.39 is 32.1 Å². The van der Waals surface area contributed by atoms with Gasteiger partial charge in [0.15, 0.2) is 6.10 Å². The summed E-state index contributed by atoms with van der Waals surface area (Å²) in [6, 6.07) is 0. The van der Waals surface area contributed by atoms with Crippen molar-refractivity contribution in [2.75, 3.05) is 47.5 Å². The standard InChI is InChI=1S/C48H82NO9P/c1-6-8-10-11-12-13-14-15-16-17-18-19-20-24-27-34-41-55-47(44-58-59(53,54)57-42-40-49(3,4)5)43-56-48(52)39-33-28-32-38-46(51)37-31-26-23-21-22-25-30-36-45(50)35-29-9-7-2/h9,13-14,22-23,25-26,29-32,34,36-38,41,45-47,50-51H,6-8,10-12,15-21,24,27-28,33,35,39-40,42-44H2,1-5H3/b14-13-,25-22-,26-23-,29-9-,36-30+,37-31+,38-32-,41-34+/t45-,46-,47-/m1/s1. The molecule has 4 atom stereocenters. The lowest BCUT2D eigenvalue weighted by Gasteiger charge is -2.28. The lowest BCUT2D eigenvalue weighted by molar-refractivity contribution is -0.870. The molecule has 2 N–H and O–H groups in total. The van der Waals surface area contributed by atoms with Gasteiger partial charge in [-0.25, -0.2) is 0 Å². The van der Waals surface area contributed by atoms with E-state index in [2.05, 4.69) is 26.0 Å². The first-order valence-corrected chi connectivity index (χ1v) is 23.7. The first-order chi connectivity index (χ1) is 28.4. The molecule has 0 amide bonds. The molecule has 0 aliphatic carbocycles. The van der Waals surface area contributed by atoms with Gasteiger partial charge in [0.05, 0.1) is 46.2 Å². The SMILES string of the molecule is CC/C=C\C[C@@H](O)/C=C/C=C\C/C=C\C=C\[C@@H](O)/C=C\CCCC(=O)OC[C@H](COP(=O)([O-])OCC[N+](C)(C)C)O/C=C/CCCCCCCC/C=C\CCCCCC. The highest BCUT2D eigenvalue weighted by atomic mass is 31.2. The summed E-state index contributed by atoms with van der Waals surface area (Å²) in [4.78, 5) is 24.8. The van der Waals surface area contributed by atoms with E-state index in [0.717, 1.165) is 32.1 Å². The molecule has 0 spiro atoms. The summed E-state index contributed by atoms with van der Waals surface area (Å²) in [7, 11) is 1.23. The number of unbranched alkanes of at least 4 members (excludes halogenated alkanes) is 12. The summed E-state index contributed by atoms with van der Waals surface area (Å²) in [6.07, 6.45) is 47.4. The normalized spacial score (nSPS) is 15.7. The molecule has 0 aromatic rings. The molecule has 0 rings (SSSR count). The molecule has 11 heteroatoms. The summed E-state index contributed by atoms with van der Waals surface area (Å²) >= 11 is 0. The van der Waals surface area contributed by atoms with Crippen molar-refractivity contribution in [3.05, 3.63) is 97.4 Å². The molecule has 338 valence electrons. The monoisotopic (exact) mass is 848 g/mol. The lowest BCUT2D eigenvalue weighted by Crippen LogP contribution is -2.37. The van der Waals surface area contributed by atoms with Crippen molar-refractivity contribution in [1.29, 1.82) is 0 Å². The van der Waals surface area contributed by atoms with Crippen LogP contribution >= 0.6 is 7.82 Å². The van der Waals surface area contributed by atoms with Crippen LogP contribution in [0.25, 0.3) is 0 Å². The van der Waals surface area contributed by atoms with Crippen LogP contribution in [-0.2, 0) is 27.9 Å². The molecule has 0 fully saturated rings. The zero-order valence-electron chi connectivity index (χ0n) is 37.4. The largest absolute Gasteiger partial charge is 0.756 e. The van der Waals surface area contributed by atoms with E-state index in [1.807, 2.05) is 75.8 Å². The number of carbonyl (C=O) groups excluding carboxylic acids is 1. The number of ether oxygens (including phenoxy) is 2. The number of aliphatic hydroxyl groups excluding tert-OH is 2. The molecule has 0 saturated heterocycles. The Hall–Kier alpha value is -2.82. The van der Waals surface area contributed by atoms with Gasteiger partial charge in [-0.1, -0.05) is 144 Å². The molecule has 0 aromatic carbocycles. The quantitative estimate of drug-likeness (QED) is 0.0118. The molecule has 0 heterocycles. The van der Waals surface area contributed by atoms with Crippen LogP contribution in [0.5, 0.6) is 0 Å². The first kappa shape index (κ1) is 56.2. The number of phosphoric ester groups is 1. The van der Waals surface area contributed by atoms with Crippen LogP contribution in [-0.4, -0.2) is 86.5 Å². The summed E-state index contributed by atoms with van der Waals surface area (Å²) in [5.74, 6) is -0.436. The van der Waals surface area contributed by atoms with Gasteiger partial charge in [-0.15, -0.1) is 0 Å². The number of hydrogen-bond acceptors (Lipinski definition) is 9. The van der Waals surface area contributed by atoms with Crippen molar-refractivity contribution in [2.45, 2.75) is 154 Å². The number of nitrogens with zero attached hydrogens (tertiary/aromatic N) is 1. The highest BCUT2D eigenvalue weighted by Gasteiger charge is 2.19. The second-order valence-electron chi connectivity index (χ2n) is 15.8. The number of likely N-dealkylation sites (N-methyl/N-ethyl adjacent to an activating group) is 1. The third-order valence-corrected chi connectivity index (χ3v) is 9.85. The van der Waals surface area contributed by atoms with E-state index in [-0.39, 0.29) is 26.2 Å². The number of rotatable bonds is 39. The number of phosphoric acid groups is 1. The molecule has 0 bridgehead atoms. The first-order valence-electron chi connectivity index (χ1n) is 22.2. The molecule has 1 unspecified atom stereocenters. The molecule has 10 nitrogen and oxygen atoms in total. The molecular weight excluding hydrogens is 765 g/mol. The fourth-order valence-corrected chi connectivity index (χ4v) is 6.05. The second kappa shape index (κ2) is 39.3. The van der Waals surface area contributed by atoms with Crippen LogP contribution in [0.2, 0.25) is 0 Å². The maximum absolute atomic E-state index is 12.5. The number of allylic oxidation sites excluding steroid dienone is 11. The average molecular weight is 848 g/mol. The van der Waals surface area contributed by atoms with Gasteiger partial charge in [0.25, 0.3) is 7.82 Å². The third kappa shape index (κ3) is 43.1. The van der Waals surface area contributed by atoms with E-state index in [1.54, 1.807) is 24.3 Å². The van der Waals surface area contributed by atoms with Gasteiger partial charge in [-0.05, 0) is 76.7 Å². The van der Waals surface area contributed by atoms with Gasteiger partial charge in [-0.2, -0.15) is 0 Å². The number of hydrogen-bond donors (Lipinski definition) is 2. The maximum atomic E-state index is 12.5. The highest BCUT2D eigenvalue weighted by molar-refractivity contribution is 7.45. The number of quaternary nitrogens is 1. The average Bonchev–Trinajstić information content (AvgIpc) is 3.18. The van der Waals surface area contributed by atoms with Gasteiger partial charge in [0.1, 0.15) is 19.8 Å². The molecule has 0 aromatic heterocycles. The Labute approximate surface area is 359 Å². The van der Waals surface area contributed by atoms with E-state index in [1.165, 1.54) is 70.5 Å². The van der Waals surface area contributed by atoms with Crippen molar-refractivity contribution in [3.8, 4) is 0 Å².